The molecule has 0 aromatic carbocycles. The summed E-state index contributed by atoms with van der Waals surface area (Å²) in [4.78, 5) is 0.728. The summed E-state index contributed by atoms with van der Waals surface area (Å²) in [6.07, 6.45) is 5.99. The van der Waals surface area contributed by atoms with E-state index < -0.39 is 5.60 Å². The highest BCUT2D eigenvalue weighted by molar-refractivity contribution is 7.89. The predicted octanol–water partition coefficient (Wildman–Crippen LogP) is 1.60. The molecule has 0 radical (unpaired) electrons. The third kappa shape index (κ3) is 2.62. The van der Waals surface area contributed by atoms with Crippen LogP contribution in [0, 0.1) is 0 Å². The first-order valence-electron chi connectivity index (χ1n) is 4.21. The molecule has 2 nitrogen and oxygen atoms in total. The maximum absolute atomic E-state index is 10.1. The average molecular weight is 258 g/mol. The van der Waals surface area contributed by atoms with Crippen molar-refractivity contribution < 1.29 is 9.84 Å². The highest BCUT2D eigenvalue weighted by Gasteiger charge is 2.35. The van der Waals surface area contributed by atoms with E-state index in [0.717, 1.165) is 0 Å². The second-order valence-electron chi connectivity index (χ2n) is 3.03. The van der Waals surface area contributed by atoms with Crippen LogP contribution >= 0.6 is 36.7 Å². The predicted molar refractivity (Wildman–Crippen MR) is 72.9 cm³/mol. The van der Waals surface area contributed by atoms with E-state index in [4.69, 9.17) is 29.2 Å². The lowest BCUT2D eigenvalue weighted by Gasteiger charge is -2.29. The fourth-order valence-electron chi connectivity index (χ4n) is 1.23. The number of ether oxygens (including phenoxy) is 1. The monoisotopic (exact) mass is 258 g/mol. The topological polar surface area (TPSA) is 29.5 Å². The molecular weight excluding hydrogens is 248 g/mol. The minimum Gasteiger partial charge on any atom is -0.376 e. The van der Waals surface area contributed by atoms with Crippen molar-refractivity contribution in [1.29, 1.82) is 0 Å². The molecule has 5 heteroatoms. The first kappa shape index (κ1) is 12.7. The molecule has 1 rings (SSSR count). The third-order valence-corrected chi connectivity index (χ3v) is 3.32. The van der Waals surface area contributed by atoms with E-state index in [9.17, 15) is 5.11 Å². The molecule has 1 aliphatic carbocycles. The number of rotatable bonds is 3. The summed E-state index contributed by atoms with van der Waals surface area (Å²) in [5.41, 5.74) is -1.31. The third-order valence-electron chi connectivity index (χ3n) is 2.05. The summed E-state index contributed by atoms with van der Waals surface area (Å²) in [5, 5.41) is 11.5. The number of hydrogen-bond acceptors (Lipinski definition) is 5. The molecule has 0 saturated carbocycles. The number of methoxy groups -OCH3 is 1. The van der Waals surface area contributed by atoms with E-state index >= 15 is 0 Å². The highest BCUT2D eigenvalue weighted by Crippen LogP contribution is 2.21. The van der Waals surface area contributed by atoms with Gasteiger partial charge < -0.3 is 9.84 Å². The van der Waals surface area contributed by atoms with Crippen molar-refractivity contribution in [1.82, 2.24) is 0 Å². The Kier molecular flexibility index (Phi) is 4.36. The van der Waals surface area contributed by atoms with Crippen molar-refractivity contribution >= 4 is 51.8 Å². The van der Waals surface area contributed by atoms with Crippen LogP contribution in [0.3, 0.4) is 0 Å². The van der Waals surface area contributed by atoms with Gasteiger partial charge in [0.1, 0.15) is 11.7 Å². The van der Waals surface area contributed by atoms with Gasteiger partial charge in [-0.15, -0.1) is 0 Å². The Hall–Kier alpha value is -0.330. The molecule has 1 N–H and O–H groups in total. The number of aliphatic hydroxyl groups is 1. The second-order valence-corrected chi connectivity index (χ2v) is 4.15. The van der Waals surface area contributed by atoms with E-state index in [1.165, 1.54) is 11.4 Å². The SMILES string of the molecule is COC1C=CC(O)(C=CC=S)C(=S)C1=S. The van der Waals surface area contributed by atoms with Gasteiger partial charge in [-0.25, -0.2) is 0 Å². The summed E-state index contributed by atoms with van der Waals surface area (Å²) in [5.74, 6) is 0. The zero-order valence-electron chi connectivity index (χ0n) is 8.04. The molecule has 0 saturated heterocycles. The summed E-state index contributed by atoms with van der Waals surface area (Å²) in [6, 6.07) is 0. The first-order valence-corrected chi connectivity index (χ1v) is 5.50. The Balaban J connectivity index is 3.04. The molecule has 80 valence electrons. The van der Waals surface area contributed by atoms with Gasteiger partial charge in [0.25, 0.3) is 0 Å². The van der Waals surface area contributed by atoms with Crippen molar-refractivity contribution in [2.45, 2.75) is 11.7 Å². The van der Waals surface area contributed by atoms with E-state index in [1.54, 1.807) is 25.3 Å². The molecule has 2 unspecified atom stereocenters. The Labute approximate surface area is 105 Å². The van der Waals surface area contributed by atoms with Gasteiger partial charge in [0.15, 0.2) is 0 Å². The van der Waals surface area contributed by atoms with E-state index in [2.05, 4.69) is 12.2 Å². The lowest BCUT2D eigenvalue weighted by atomic mass is 9.89. The first-order chi connectivity index (χ1) is 7.05. The maximum Gasteiger partial charge on any atom is 0.138 e. The van der Waals surface area contributed by atoms with Crippen LogP contribution in [0.2, 0.25) is 0 Å². The molecule has 0 heterocycles. The molecule has 0 aliphatic heterocycles. The van der Waals surface area contributed by atoms with Crippen molar-refractivity contribution in [2.75, 3.05) is 7.11 Å². The minimum absolute atomic E-state index is 0.292. The van der Waals surface area contributed by atoms with Gasteiger partial charge in [-0.05, 0) is 12.2 Å². The molecule has 2 atom stereocenters. The smallest absolute Gasteiger partial charge is 0.138 e. The van der Waals surface area contributed by atoms with Crippen LogP contribution in [-0.2, 0) is 4.74 Å². The van der Waals surface area contributed by atoms with Gasteiger partial charge in [-0.1, -0.05) is 48.8 Å². The fourth-order valence-corrected chi connectivity index (χ4v) is 1.90. The van der Waals surface area contributed by atoms with Crippen molar-refractivity contribution in [3.8, 4) is 0 Å². The molecule has 0 spiro atoms. The fraction of sp³-hybridized carbons (Fsp3) is 0.300. The van der Waals surface area contributed by atoms with E-state index in [1.807, 2.05) is 0 Å². The lowest BCUT2D eigenvalue weighted by Crippen LogP contribution is -2.45. The molecule has 0 aromatic rings. The summed E-state index contributed by atoms with van der Waals surface area (Å²) >= 11 is 14.8. The van der Waals surface area contributed by atoms with Crippen molar-refractivity contribution in [2.24, 2.45) is 0 Å². The Bertz CT molecular complexity index is 360. The van der Waals surface area contributed by atoms with Crippen LogP contribution in [0.15, 0.2) is 24.3 Å². The molecule has 0 amide bonds. The standard InChI is InChI=1S/C10H10O2S3/c1-12-7-3-5-10(11,4-2-6-13)9(15)8(7)14/h2-7,11H,1H3. The minimum atomic E-state index is -1.31. The largest absolute Gasteiger partial charge is 0.376 e. The summed E-state index contributed by atoms with van der Waals surface area (Å²) in [6.45, 7) is 0. The van der Waals surface area contributed by atoms with Gasteiger partial charge in [-0.2, -0.15) is 0 Å². The number of hydrogen-bond donors (Lipinski definition) is 1. The van der Waals surface area contributed by atoms with Crippen molar-refractivity contribution in [3.63, 3.8) is 0 Å². The normalized spacial score (nSPS) is 31.2. The second kappa shape index (κ2) is 5.14. The molecule has 15 heavy (non-hydrogen) atoms. The Morgan fingerprint density at radius 3 is 2.73 bits per heavy atom. The van der Waals surface area contributed by atoms with Crippen LogP contribution in [0.5, 0.6) is 0 Å². The van der Waals surface area contributed by atoms with Crippen LogP contribution in [0.1, 0.15) is 0 Å². The van der Waals surface area contributed by atoms with Gasteiger partial charge >= 0.3 is 0 Å². The average Bonchev–Trinajstić information content (AvgIpc) is 2.24. The van der Waals surface area contributed by atoms with Gasteiger partial charge in [0, 0.05) is 12.5 Å². The molecule has 0 fully saturated rings. The van der Waals surface area contributed by atoms with Crippen LogP contribution in [0.25, 0.3) is 0 Å². The Morgan fingerprint density at radius 1 is 1.53 bits per heavy atom. The van der Waals surface area contributed by atoms with Crippen LogP contribution < -0.4 is 0 Å². The highest BCUT2D eigenvalue weighted by atomic mass is 32.1. The quantitative estimate of drug-likeness (QED) is 0.472. The summed E-state index contributed by atoms with van der Waals surface area (Å²) in [7, 11) is 1.54. The molecular formula is C10H10O2S3. The maximum atomic E-state index is 10.1. The van der Waals surface area contributed by atoms with Crippen LogP contribution in [-0.4, -0.2) is 39.0 Å². The van der Waals surface area contributed by atoms with Crippen molar-refractivity contribution in [3.05, 3.63) is 24.3 Å². The van der Waals surface area contributed by atoms with Gasteiger partial charge in [-0.3, -0.25) is 0 Å². The zero-order chi connectivity index (χ0) is 11.5. The molecule has 0 bridgehead atoms. The molecule has 1 aliphatic rings. The summed E-state index contributed by atoms with van der Waals surface area (Å²) < 4.78 is 5.09. The van der Waals surface area contributed by atoms with E-state index in [-0.39, 0.29) is 6.10 Å². The lowest BCUT2D eigenvalue weighted by molar-refractivity contribution is 0.180. The zero-order valence-corrected chi connectivity index (χ0v) is 10.5. The van der Waals surface area contributed by atoms with Gasteiger partial charge in [0.2, 0.25) is 0 Å². The number of thiocarbonyl (C=S) groups is 3. The van der Waals surface area contributed by atoms with Gasteiger partial charge in [0.05, 0.1) is 9.73 Å². The number of allylic oxidation sites excluding steroid dienone is 1. The Morgan fingerprint density at radius 2 is 2.20 bits per heavy atom. The van der Waals surface area contributed by atoms with Crippen LogP contribution in [0.4, 0.5) is 0 Å². The molecule has 0 aromatic heterocycles. The van der Waals surface area contributed by atoms with E-state index in [0.29, 0.717) is 9.73 Å².